The van der Waals surface area contributed by atoms with Gasteiger partial charge in [0.2, 0.25) is 0 Å². The predicted molar refractivity (Wildman–Crippen MR) is 132 cm³/mol. The standard InChI is InChI=1S/C26H29N5O3/c1-34-23-11-9-21(10-12-23)29-26(33)25(32)28-19-24(20-6-5-13-27-18-20)31-16-14-30(15-17-31)22-7-3-2-4-8-22/h2-13,18,24H,14-17,19H2,1H3,(H,28,32)(H,29,33)/t24-/m1/s1. The molecule has 34 heavy (non-hydrogen) atoms. The highest BCUT2D eigenvalue weighted by Crippen LogP contribution is 2.23. The summed E-state index contributed by atoms with van der Waals surface area (Å²) in [6.45, 7) is 3.75. The van der Waals surface area contributed by atoms with Crippen LogP contribution >= 0.6 is 0 Å². The zero-order valence-electron chi connectivity index (χ0n) is 19.2. The lowest BCUT2D eigenvalue weighted by Crippen LogP contribution is -2.50. The smallest absolute Gasteiger partial charge is 0.313 e. The van der Waals surface area contributed by atoms with Crippen molar-refractivity contribution in [2.45, 2.75) is 6.04 Å². The van der Waals surface area contributed by atoms with Gasteiger partial charge in [-0.15, -0.1) is 0 Å². The number of anilines is 2. The normalized spacial score (nSPS) is 14.8. The Labute approximate surface area is 199 Å². The number of carbonyl (C=O) groups excluding carboxylic acids is 2. The van der Waals surface area contributed by atoms with Crippen molar-refractivity contribution in [2.24, 2.45) is 0 Å². The van der Waals surface area contributed by atoms with Crippen molar-refractivity contribution in [3.63, 3.8) is 0 Å². The zero-order chi connectivity index (χ0) is 23.8. The van der Waals surface area contributed by atoms with Crippen LogP contribution < -0.4 is 20.3 Å². The van der Waals surface area contributed by atoms with Crippen LogP contribution in [-0.2, 0) is 9.59 Å². The van der Waals surface area contributed by atoms with E-state index in [0.29, 0.717) is 18.0 Å². The van der Waals surface area contributed by atoms with Crippen LogP contribution in [0.5, 0.6) is 5.75 Å². The van der Waals surface area contributed by atoms with E-state index in [4.69, 9.17) is 4.74 Å². The van der Waals surface area contributed by atoms with Gasteiger partial charge in [0.15, 0.2) is 0 Å². The fourth-order valence-corrected chi connectivity index (χ4v) is 4.09. The summed E-state index contributed by atoms with van der Waals surface area (Å²) in [7, 11) is 1.57. The number of methoxy groups -OCH3 is 1. The number of hydrogen-bond acceptors (Lipinski definition) is 6. The molecule has 1 aromatic heterocycles. The molecule has 1 aliphatic rings. The minimum atomic E-state index is -0.705. The van der Waals surface area contributed by atoms with E-state index in [1.807, 2.05) is 36.5 Å². The third-order valence-corrected chi connectivity index (χ3v) is 5.96. The highest BCUT2D eigenvalue weighted by Gasteiger charge is 2.26. The molecule has 1 atom stereocenters. The molecule has 0 bridgehead atoms. The van der Waals surface area contributed by atoms with Gasteiger partial charge in [0.25, 0.3) is 0 Å². The fraction of sp³-hybridized carbons (Fsp3) is 0.269. The van der Waals surface area contributed by atoms with E-state index in [-0.39, 0.29) is 6.04 Å². The number of piperazine rings is 1. The molecule has 2 amide bonds. The second kappa shape index (κ2) is 11.3. The Morgan fingerprint density at radius 1 is 0.941 bits per heavy atom. The van der Waals surface area contributed by atoms with Gasteiger partial charge in [0.1, 0.15) is 5.75 Å². The van der Waals surface area contributed by atoms with Crippen LogP contribution in [0.4, 0.5) is 11.4 Å². The van der Waals surface area contributed by atoms with Gasteiger partial charge >= 0.3 is 11.8 Å². The van der Waals surface area contributed by atoms with Crippen LogP contribution in [0.3, 0.4) is 0 Å². The molecule has 1 aliphatic heterocycles. The van der Waals surface area contributed by atoms with Crippen molar-refractivity contribution in [3.05, 3.63) is 84.7 Å². The van der Waals surface area contributed by atoms with Crippen molar-refractivity contribution in [1.82, 2.24) is 15.2 Å². The van der Waals surface area contributed by atoms with Crippen molar-refractivity contribution >= 4 is 23.2 Å². The number of ether oxygens (including phenoxy) is 1. The average molecular weight is 460 g/mol. The maximum atomic E-state index is 12.5. The van der Waals surface area contributed by atoms with Crippen LogP contribution in [0, 0.1) is 0 Å². The quantitative estimate of drug-likeness (QED) is 0.529. The largest absolute Gasteiger partial charge is 0.497 e. The molecule has 2 N–H and O–H groups in total. The maximum absolute atomic E-state index is 12.5. The molecule has 0 radical (unpaired) electrons. The van der Waals surface area contributed by atoms with Crippen molar-refractivity contribution in [2.75, 3.05) is 50.1 Å². The van der Waals surface area contributed by atoms with Crippen LogP contribution in [0.25, 0.3) is 0 Å². The number of para-hydroxylation sites is 1. The highest BCUT2D eigenvalue weighted by molar-refractivity contribution is 6.39. The highest BCUT2D eigenvalue weighted by atomic mass is 16.5. The number of rotatable bonds is 7. The Bertz CT molecular complexity index is 1070. The van der Waals surface area contributed by atoms with Gasteiger partial charge in [0, 0.05) is 56.5 Å². The molecule has 1 fully saturated rings. The van der Waals surface area contributed by atoms with Crippen LogP contribution in [-0.4, -0.2) is 61.5 Å². The summed E-state index contributed by atoms with van der Waals surface area (Å²) in [5.74, 6) is -0.703. The molecule has 2 heterocycles. The SMILES string of the molecule is COc1ccc(NC(=O)C(=O)NC[C@H](c2cccnc2)N2CCN(c3ccccc3)CC2)cc1. The molecule has 176 valence electrons. The van der Waals surface area contributed by atoms with E-state index in [0.717, 1.165) is 31.7 Å². The third kappa shape index (κ3) is 5.90. The first-order valence-electron chi connectivity index (χ1n) is 11.3. The van der Waals surface area contributed by atoms with Crippen LogP contribution in [0.2, 0.25) is 0 Å². The van der Waals surface area contributed by atoms with E-state index in [2.05, 4.69) is 37.6 Å². The molecule has 0 unspecified atom stereocenters. The Kier molecular flexibility index (Phi) is 7.72. The number of nitrogens with one attached hydrogen (secondary N) is 2. The molecule has 8 heteroatoms. The lowest BCUT2D eigenvalue weighted by Gasteiger charge is -2.40. The number of pyridine rings is 1. The minimum Gasteiger partial charge on any atom is -0.497 e. The maximum Gasteiger partial charge on any atom is 0.313 e. The molecule has 0 spiro atoms. The first kappa shape index (κ1) is 23.3. The summed E-state index contributed by atoms with van der Waals surface area (Å²) >= 11 is 0. The van der Waals surface area contributed by atoms with Gasteiger partial charge in [0.05, 0.1) is 13.2 Å². The van der Waals surface area contributed by atoms with Gasteiger partial charge in [-0.2, -0.15) is 0 Å². The van der Waals surface area contributed by atoms with Crippen molar-refractivity contribution < 1.29 is 14.3 Å². The zero-order valence-corrected chi connectivity index (χ0v) is 19.2. The molecule has 8 nitrogen and oxygen atoms in total. The Morgan fingerprint density at radius 3 is 2.32 bits per heavy atom. The topological polar surface area (TPSA) is 86.8 Å². The molecule has 1 saturated heterocycles. The molecular formula is C26H29N5O3. The first-order chi connectivity index (χ1) is 16.6. The number of nitrogens with zero attached hydrogens (tertiary/aromatic N) is 3. The van der Waals surface area contributed by atoms with E-state index in [1.165, 1.54) is 5.69 Å². The second-order valence-corrected chi connectivity index (χ2v) is 8.05. The molecule has 4 rings (SSSR count). The van der Waals surface area contributed by atoms with Gasteiger partial charge in [-0.3, -0.25) is 19.5 Å². The monoisotopic (exact) mass is 459 g/mol. The minimum absolute atomic E-state index is 0.0793. The van der Waals surface area contributed by atoms with Gasteiger partial charge in [-0.25, -0.2) is 0 Å². The van der Waals surface area contributed by atoms with E-state index in [9.17, 15) is 9.59 Å². The van der Waals surface area contributed by atoms with E-state index >= 15 is 0 Å². The Hall–Kier alpha value is -3.91. The van der Waals surface area contributed by atoms with Gasteiger partial charge in [-0.1, -0.05) is 24.3 Å². The molecule has 3 aromatic rings. The molecule has 2 aromatic carbocycles. The predicted octanol–water partition coefficient (Wildman–Crippen LogP) is 2.71. The first-order valence-corrected chi connectivity index (χ1v) is 11.3. The summed E-state index contributed by atoms with van der Waals surface area (Å²) in [4.78, 5) is 33.9. The fourth-order valence-electron chi connectivity index (χ4n) is 4.09. The van der Waals surface area contributed by atoms with Crippen molar-refractivity contribution in [3.8, 4) is 5.75 Å². The molecule has 0 saturated carbocycles. The van der Waals surface area contributed by atoms with Gasteiger partial charge < -0.3 is 20.3 Å². The second-order valence-electron chi connectivity index (χ2n) is 8.05. The summed E-state index contributed by atoms with van der Waals surface area (Å²) < 4.78 is 5.11. The summed E-state index contributed by atoms with van der Waals surface area (Å²) in [6.07, 6.45) is 3.55. The van der Waals surface area contributed by atoms with E-state index < -0.39 is 11.8 Å². The van der Waals surface area contributed by atoms with Crippen LogP contribution in [0.1, 0.15) is 11.6 Å². The number of aromatic nitrogens is 1. The van der Waals surface area contributed by atoms with Crippen molar-refractivity contribution in [1.29, 1.82) is 0 Å². The summed E-state index contributed by atoms with van der Waals surface area (Å²) in [6, 6.07) is 21.0. The number of benzene rings is 2. The lowest BCUT2D eigenvalue weighted by molar-refractivity contribution is -0.136. The Balaban J connectivity index is 1.37. The molecule has 0 aliphatic carbocycles. The summed E-state index contributed by atoms with van der Waals surface area (Å²) in [5.41, 5.74) is 2.75. The third-order valence-electron chi connectivity index (χ3n) is 5.96. The summed E-state index contributed by atoms with van der Waals surface area (Å²) in [5, 5.41) is 5.43. The number of hydrogen-bond donors (Lipinski definition) is 2. The lowest BCUT2D eigenvalue weighted by atomic mass is 10.1. The van der Waals surface area contributed by atoms with Gasteiger partial charge in [-0.05, 0) is 48.0 Å². The van der Waals surface area contributed by atoms with E-state index in [1.54, 1.807) is 37.6 Å². The number of carbonyl (C=O) groups is 2. The van der Waals surface area contributed by atoms with Crippen LogP contribution in [0.15, 0.2) is 79.1 Å². The molecular weight excluding hydrogens is 430 g/mol. The average Bonchev–Trinajstić information content (AvgIpc) is 2.90. The number of amides is 2. The Morgan fingerprint density at radius 2 is 1.68 bits per heavy atom.